The second-order valence-corrected chi connectivity index (χ2v) is 11.4. The van der Waals surface area contributed by atoms with Crippen molar-refractivity contribution in [2.24, 2.45) is 0 Å². The van der Waals surface area contributed by atoms with E-state index in [0.717, 1.165) is 5.56 Å². The maximum atomic E-state index is 15.1. The van der Waals surface area contributed by atoms with E-state index >= 15 is 4.39 Å². The van der Waals surface area contributed by atoms with E-state index in [-0.39, 0.29) is 23.9 Å². The third-order valence-corrected chi connectivity index (χ3v) is 8.45. The largest absolute Gasteiger partial charge is 0.442 e. The van der Waals surface area contributed by atoms with E-state index in [1.165, 1.54) is 28.1 Å². The number of benzene rings is 3. The van der Waals surface area contributed by atoms with Gasteiger partial charge in [0.1, 0.15) is 11.9 Å². The molecule has 0 radical (unpaired) electrons. The lowest BCUT2D eigenvalue weighted by Crippen LogP contribution is -2.33. The van der Waals surface area contributed by atoms with Crippen LogP contribution in [0.2, 0.25) is 0 Å². The number of carbonyl (C=O) groups is 2. The van der Waals surface area contributed by atoms with Crippen LogP contribution in [0.4, 0.5) is 14.9 Å². The Morgan fingerprint density at radius 1 is 1.00 bits per heavy atom. The normalized spacial score (nSPS) is 15.1. The summed E-state index contributed by atoms with van der Waals surface area (Å²) in [4.78, 5) is 24.9. The highest BCUT2D eigenvalue weighted by Gasteiger charge is 2.32. The van der Waals surface area contributed by atoms with E-state index in [4.69, 9.17) is 4.74 Å². The van der Waals surface area contributed by atoms with Gasteiger partial charge in [-0.25, -0.2) is 21.6 Å². The lowest BCUT2D eigenvalue weighted by atomic mass is 10.0. The minimum atomic E-state index is -3.68. The van der Waals surface area contributed by atoms with Gasteiger partial charge >= 0.3 is 6.09 Å². The van der Waals surface area contributed by atoms with Crippen LogP contribution >= 0.6 is 0 Å². The van der Waals surface area contributed by atoms with Gasteiger partial charge < -0.3 is 15.4 Å². The third kappa shape index (κ3) is 6.31. The van der Waals surface area contributed by atoms with Crippen molar-refractivity contribution in [2.45, 2.75) is 31.0 Å². The second kappa shape index (κ2) is 11.9. The van der Waals surface area contributed by atoms with Gasteiger partial charge in [0, 0.05) is 37.5 Å². The summed E-state index contributed by atoms with van der Waals surface area (Å²) in [5, 5.41) is 5.88. The van der Waals surface area contributed by atoms with E-state index in [1.807, 2.05) is 24.3 Å². The van der Waals surface area contributed by atoms with Crippen LogP contribution in [0.1, 0.15) is 18.2 Å². The third-order valence-electron chi connectivity index (χ3n) is 6.71. The first-order valence-corrected chi connectivity index (χ1v) is 14.5. The standard InChI is InChI=1S/C30H29FN4O5S/c1-21(36)33-19-26-20-34(30(37)40-26)24-13-14-28(29(31)16-24)23-11-9-22(10-12-23)17-32-18-25-6-5-15-35(25)41(38,39)27-7-3-2-4-8-27/h2-16,26,32H,17-20H2,1H3,(H,33,36). The Kier molecular flexibility index (Phi) is 8.18. The summed E-state index contributed by atoms with van der Waals surface area (Å²) in [5.41, 5.74) is 2.99. The van der Waals surface area contributed by atoms with Gasteiger partial charge in [-0.2, -0.15) is 0 Å². The Morgan fingerprint density at radius 3 is 2.46 bits per heavy atom. The first-order chi connectivity index (χ1) is 19.7. The van der Waals surface area contributed by atoms with E-state index in [9.17, 15) is 18.0 Å². The van der Waals surface area contributed by atoms with Gasteiger partial charge in [-0.15, -0.1) is 0 Å². The zero-order chi connectivity index (χ0) is 29.0. The molecule has 2 N–H and O–H groups in total. The zero-order valence-corrected chi connectivity index (χ0v) is 23.1. The highest BCUT2D eigenvalue weighted by atomic mass is 32.2. The number of anilines is 1. The molecular formula is C30H29FN4O5S. The Hall–Kier alpha value is -4.48. The van der Waals surface area contributed by atoms with Crippen molar-refractivity contribution in [3.63, 3.8) is 0 Å². The van der Waals surface area contributed by atoms with Gasteiger partial charge in [0.05, 0.1) is 23.7 Å². The van der Waals surface area contributed by atoms with Crippen LogP contribution in [0.15, 0.2) is 96.0 Å². The first-order valence-electron chi connectivity index (χ1n) is 13.0. The summed E-state index contributed by atoms with van der Waals surface area (Å²) in [5.74, 6) is -0.701. The molecule has 2 heterocycles. The molecule has 1 aliphatic heterocycles. The van der Waals surface area contributed by atoms with Crippen LogP contribution in [0, 0.1) is 5.82 Å². The fraction of sp³-hybridized carbons (Fsp3) is 0.200. The summed E-state index contributed by atoms with van der Waals surface area (Å²) in [6, 6.07) is 23.7. The molecule has 11 heteroatoms. The Labute approximate surface area is 237 Å². The molecule has 1 unspecified atom stereocenters. The summed E-state index contributed by atoms with van der Waals surface area (Å²) >= 11 is 0. The van der Waals surface area contributed by atoms with Gasteiger partial charge in [-0.1, -0.05) is 42.5 Å². The number of halogens is 1. The molecule has 0 aliphatic carbocycles. The first kappa shape index (κ1) is 28.1. The number of ether oxygens (including phenoxy) is 1. The van der Waals surface area contributed by atoms with Crippen molar-refractivity contribution in [3.05, 3.63) is 108 Å². The van der Waals surface area contributed by atoms with Crippen LogP contribution < -0.4 is 15.5 Å². The van der Waals surface area contributed by atoms with Gasteiger partial charge in [0.2, 0.25) is 5.91 Å². The van der Waals surface area contributed by atoms with Crippen molar-refractivity contribution in [1.29, 1.82) is 0 Å². The Morgan fingerprint density at radius 2 is 1.76 bits per heavy atom. The molecule has 212 valence electrons. The monoisotopic (exact) mass is 576 g/mol. The molecular weight excluding hydrogens is 547 g/mol. The number of amides is 2. The average molecular weight is 577 g/mol. The van der Waals surface area contributed by atoms with Crippen LogP contribution in [-0.4, -0.2) is 43.6 Å². The minimum Gasteiger partial charge on any atom is -0.442 e. The topological polar surface area (TPSA) is 110 Å². The molecule has 1 saturated heterocycles. The molecule has 0 saturated carbocycles. The molecule has 0 spiro atoms. The fourth-order valence-electron chi connectivity index (χ4n) is 4.62. The number of hydrogen-bond acceptors (Lipinski definition) is 6. The maximum absolute atomic E-state index is 15.1. The van der Waals surface area contributed by atoms with Crippen molar-refractivity contribution in [1.82, 2.24) is 14.6 Å². The van der Waals surface area contributed by atoms with Gasteiger partial charge in [-0.05, 0) is 53.6 Å². The molecule has 1 atom stereocenters. The number of aromatic nitrogens is 1. The highest BCUT2D eigenvalue weighted by molar-refractivity contribution is 7.90. The maximum Gasteiger partial charge on any atom is 0.414 e. The number of rotatable bonds is 10. The molecule has 5 rings (SSSR count). The number of cyclic esters (lactones) is 1. The summed E-state index contributed by atoms with van der Waals surface area (Å²) < 4.78 is 47.6. The van der Waals surface area contributed by atoms with E-state index in [2.05, 4.69) is 10.6 Å². The molecule has 3 aromatic carbocycles. The van der Waals surface area contributed by atoms with Crippen molar-refractivity contribution >= 4 is 27.7 Å². The number of nitrogens with zero attached hydrogens (tertiary/aromatic N) is 2. The van der Waals surface area contributed by atoms with Crippen LogP contribution in [0.5, 0.6) is 0 Å². The SMILES string of the molecule is CC(=O)NCC1CN(c2ccc(-c3ccc(CNCc4cccn4S(=O)(=O)c4ccccc4)cc3)c(F)c2)C(=O)O1. The van der Waals surface area contributed by atoms with Crippen LogP contribution in [0.3, 0.4) is 0 Å². The smallest absolute Gasteiger partial charge is 0.414 e. The lowest BCUT2D eigenvalue weighted by Gasteiger charge is -2.15. The van der Waals surface area contributed by atoms with Gasteiger partial charge in [0.25, 0.3) is 10.0 Å². The predicted molar refractivity (Wildman–Crippen MR) is 152 cm³/mol. The Balaban J connectivity index is 1.20. The number of nitrogens with one attached hydrogen (secondary N) is 2. The molecule has 1 aliphatic rings. The summed E-state index contributed by atoms with van der Waals surface area (Å²) in [6.45, 7) is 2.60. The van der Waals surface area contributed by atoms with Gasteiger partial charge in [-0.3, -0.25) is 9.69 Å². The quantitative estimate of drug-likeness (QED) is 0.292. The molecule has 4 aromatic rings. The second-order valence-electron chi connectivity index (χ2n) is 9.63. The molecule has 41 heavy (non-hydrogen) atoms. The zero-order valence-electron chi connectivity index (χ0n) is 22.3. The van der Waals surface area contributed by atoms with Crippen LogP contribution in [0.25, 0.3) is 11.1 Å². The Bertz CT molecular complexity index is 1660. The molecule has 2 amide bonds. The van der Waals surface area contributed by atoms with Crippen molar-refractivity contribution in [2.75, 3.05) is 18.0 Å². The fourth-order valence-corrected chi connectivity index (χ4v) is 6.01. The van der Waals surface area contributed by atoms with E-state index in [1.54, 1.807) is 54.6 Å². The molecule has 9 nitrogen and oxygen atoms in total. The number of hydrogen-bond donors (Lipinski definition) is 2. The molecule has 0 bridgehead atoms. The lowest BCUT2D eigenvalue weighted by molar-refractivity contribution is -0.119. The minimum absolute atomic E-state index is 0.193. The summed E-state index contributed by atoms with van der Waals surface area (Å²) in [6.07, 6.45) is 0.437. The molecule has 1 aromatic heterocycles. The number of carbonyl (C=O) groups excluding carboxylic acids is 2. The van der Waals surface area contributed by atoms with Crippen LogP contribution in [-0.2, 0) is 32.6 Å². The summed E-state index contributed by atoms with van der Waals surface area (Å²) in [7, 11) is -3.68. The predicted octanol–water partition coefficient (Wildman–Crippen LogP) is 4.28. The average Bonchev–Trinajstić information content (AvgIpc) is 3.60. The highest BCUT2D eigenvalue weighted by Crippen LogP contribution is 2.29. The van der Waals surface area contributed by atoms with E-state index in [0.29, 0.717) is 35.6 Å². The molecule has 1 fully saturated rings. The van der Waals surface area contributed by atoms with Crippen molar-refractivity contribution in [3.8, 4) is 11.1 Å². The van der Waals surface area contributed by atoms with Gasteiger partial charge in [0.15, 0.2) is 0 Å². The van der Waals surface area contributed by atoms with Crippen molar-refractivity contribution < 1.29 is 27.1 Å². The van der Waals surface area contributed by atoms with E-state index < -0.39 is 28.0 Å².